The Kier molecular flexibility index (Phi) is 2.24. The molecule has 0 aliphatic heterocycles. The first-order chi connectivity index (χ1) is 4.68. The van der Waals surface area contributed by atoms with E-state index in [0.717, 1.165) is 0 Å². The number of halogens is 1. The fourth-order valence-corrected chi connectivity index (χ4v) is 1.19. The number of carbonyl (C=O) groups is 1. The Labute approximate surface area is 67.0 Å². The standard InChI is InChI=1S/C5H5ClN2OS/c1-3(9)7-4-2-10-5(6)8-4/h2H,1H3,(H,7,9). The number of hydrogen-bond acceptors (Lipinski definition) is 3. The third kappa shape index (κ3) is 1.97. The Bertz CT molecular complexity index is 248. The molecule has 0 bridgehead atoms. The molecule has 0 saturated heterocycles. The molecule has 1 rings (SSSR count). The van der Waals surface area contributed by atoms with Gasteiger partial charge in [0.25, 0.3) is 0 Å². The summed E-state index contributed by atoms with van der Waals surface area (Å²) in [6.07, 6.45) is 0. The second-order valence-electron chi connectivity index (χ2n) is 1.67. The quantitative estimate of drug-likeness (QED) is 0.709. The van der Waals surface area contributed by atoms with Gasteiger partial charge >= 0.3 is 0 Å². The maximum Gasteiger partial charge on any atom is 0.222 e. The summed E-state index contributed by atoms with van der Waals surface area (Å²) in [4.78, 5) is 14.2. The van der Waals surface area contributed by atoms with Crippen molar-refractivity contribution in [2.24, 2.45) is 0 Å². The molecule has 0 spiro atoms. The number of amides is 1. The van der Waals surface area contributed by atoms with Crippen molar-refractivity contribution >= 4 is 34.7 Å². The Hall–Kier alpha value is -0.610. The monoisotopic (exact) mass is 176 g/mol. The number of anilines is 1. The van der Waals surface area contributed by atoms with Gasteiger partial charge in [0.2, 0.25) is 5.91 Å². The fourth-order valence-electron chi connectivity index (χ4n) is 0.490. The molecule has 10 heavy (non-hydrogen) atoms. The minimum absolute atomic E-state index is 0.137. The molecular weight excluding hydrogens is 172 g/mol. The van der Waals surface area contributed by atoms with Crippen LogP contribution < -0.4 is 5.32 Å². The van der Waals surface area contributed by atoms with E-state index in [1.54, 1.807) is 5.38 Å². The number of nitrogens with zero attached hydrogens (tertiary/aromatic N) is 1. The maximum atomic E-state index is 10.4. The van der Waals surface area contributed by atoms with Gasteiger partial charge in [-0.15, -0.1) is 11.3 Å². The van der Waals surface area contributed by atoms with E-state index in [1.807, 2.05) is 0 Å². The predicted molar refractivity (Wildman–Crippen MR) is 41.4 cm³/mol. The summed E-state index contributed by atoms with van der Waals surface area (Å²) in [6, 6.07) is 0. The summed E-state index contributed by atoms with van der Waals surface area (Å²) in [7, 11) is 0. The molecule has 0 fully saturated rings. The van der Waals surface area contributed by atoms with Crippen molar-refractivity contribution in [3.8, 4) is 0 Å². The SMILES string of the molecule is CC(=O)Nc1csc(Cl)n1. The molecule has 1 amide bonds. The molecule has 0 aliphatic rings. The van der Waals surface area contributed by atoms with E-state index in [9.17, 15) is 4.79 Å². The van der Waals surface area contributed by atoms with Gasteiger partial charge in [-0.2, -0.15) is 0 Å². The first kappa shape index (κ1) is 7.50. The van der Waals surface area contributed by atoms with Gasteiger partial charge in [-0.1, -0.05) is 11.6 Å². The van der Waals surface area contributed by atoms with Crippen molar-refractivity contribution < 1.29 is 4.79 Å². The van der Waals surface area contributed by atoms with Crippen molar-refractivity contribution in [2.45, 2.75) is 6.92 Å². The number of carbonyl (C=O) groups excluding carboxylic acids is 1. The largest absolute Gasteiger partial charge is 0.310 e. The van der Waals surface area contributed by atoms with Crippen LogP contribution in [0.5, 0.6) is 0 Å². The molecule has 3 nitrogen and oxygen atoms in total. The summed E-state index contributed by atoms with van der Waals surface area (Å²) in [5.41, 5.74) is 0. The lowest BCUT2D eigenvalue weighted by atomic mass is 10.6. The van der Waals surface area contributed by atoms with Gasteiger partial charge in [-0.05, 0) is 0 Å². The normalized spacial score (nSPS) is 9.40. The average molecular weight is 177 g/mol. The van der Waals surface area contributed by atoms with Crippen LogP contribution in [-0.2, 0) is 4.79 Å². The van der Waals surface area contributed by atoms with E-state index in [-0.39, 0.29) is 5.91 Å². The smallest absolute Gasteiger partial charge is 0.222 e. The van der Waals surface area contributed by atoms with Crippen molar-refractivity contribution in [1.82, 2.24) is 4.98 Å². The van der Waals surface area contributed by atoms with E-state index in [2.05, 4.69) is 10.3 Å². The first-order valence-corrected chi connectivity index (χ1v) is 3.83. The third-order valence-electron chi connectivity index (χ3n) is 0.780. The van der Waals surface area contributed by atoms with Gasteiger partial charge in [0.1, 0.15) is 5.82 Å². The molecule has 1 N–H and O–H groups in total. The molecule has 0 unspecified atom stereocenters. The number of rotatable bonds is 1. The van der Waals surface area contributed by atoms with Crippen LogP contribution in [0.1, 0.15) is 6.92 Å². The summed E-state index contributed by atoms with van der Waals surface area (Å²) < 4.78 is 0.434. The summed E-state index contributed by atoms with van der Waals surface area (Å²) in [5, 5.41) is 4.19. The average Bonchev–Trinajstić information content (AvgIpc) is 2.13. The van der Waals surface area contributed by atoms with E-state index in [4.69, 9.17) is 11.6 Å². The molecule has 1 aromatic rings. The molecule has 1 aromatic heterocycles. The topological polar surface area (TPSA) is 42.0 Å². The van der Waals surface area contributed by atoms with E-state index >= 15 is 0 Å². The zero-order chi connectivity index (χ0) is 7.56. The molecule has 0 atom stereocenters. The second-order valence-corrected chi connectivity index (χ2v) is 3.11. The van der Waals surface area contributed by atoms with Gasteiger partial charge < -0.3 is 5.32 Å². The Morgan fingerprint density at radius 2 is 2.60 bits per heavy atom. The highest BCUT2D eigenvalue weighted by Crippen LogP contribution is 2.18. The molecule has 0 aromatic carbocycles. The lowest BCUT2D eigenvalue weighted by molar-refractivity contribution is -0.114. The van der Waals surface area contributed by atoms with Crippen LogP contribution >= 0.6 is 22.9 Å². The minimum Gasteiger partial charge on any atom is -0.310 e. The highest BCUT2D eigenvalue weighted by Gasteiger charge is 1.98. The number of aromatic nitrogens is 1. The van der Waals surface area contributed by atoms with Crippen LogP contribution in [0.25, 0.3) is 0 Å². The van der Waals surface area contributed by atoms with Gasteiger partial charge in [-0.3, -0.25) is 4.79 Å². The number of nitrogens with one attached hydrogen (secondary N) is 1. The number of hydrogen-bond donors (Lipinski definition) is 1. The summed E-state index contributed by atoms with van der Waals surface area (Å²) >= 11 is 6.79. The Morgan fingerprint density at radius 3 is 3.00 bits per heavy atom. The lowest BCUT2D eigenvalue weighted by Crippen LogP contribution is -2.05. The van der Waals surface area contributed by atoms with Crippen molar-refractivity contribution in [3.05, 3.63) is 9.85 Å². The maximum absolute atomic E-state index is 10.4. The Balaban J connectivity index is 2.67. The first-order valence-electron chi connectivity index (χ1n) is 2.57. The summed E-state index contributed by atoms with van der Waals surface area (Å²) in [6.45, 7) is 1.42. The van der Waals surface area contributed by atoms with Gasteiger partial charge in [0.05, 0.1) is 0 Å². The molecule has 5 heteroatoms. The van der Waals surface area contributed by atoms with E-state index in [0.29, 0.717) is 10.3 Å². The Morgan fingerprint density at radius 1 is 1.90 bits per heavy atom. The lowest BCUT2D eigenvalue weighted by Gasteiger charge is -1.91. The van der Waals surface area contributed by atoms with Crippen LogP contribution in [0, 0.1) is 0 Å². The zero-order valence-electron chi connectivity index (χ0n) is 5.22. The molecule has 0 aliphatic carbocycles. The van der Waals surface area contributed by atoms with Crippen molar-refractivity contribution in [2.75, 3.05) is 5.32 Å². The van der Waals surface area contributed by atoms with Crippen LogP contribution in [0.3, 0.4) is 0 Å². The fraction of sp³-hybridized carbons (Fsp3) is 0.200. The van der Waals surface area contributed by atoms with Gasteiger partial charge in [0, 0.05) is 12.3 Å². The summed E-state index contributed by atoms with van der Waals surface area (Å²) in [5.74, 6) is 0.379. The second kappa shape index (κ2) is 2.98. The van der Waals surface area contributed by atoms with Crippen LogP contribution in [-0.4, -0.2) is 10.9 Å². The number of thiazole rings is 1. The molecular formula is C5H5ClN2OS. The highest BCUT2D eigenvalue weighted by atomic mass is 35.5. The minimum atomic E-state index is -0.137. The van der Waals surface area contributed by atoms with Crippen molar-refractivity contribution in [1.29, 1.82) is 0 Å². The van der Waals surface area contributed by atoms with Gasteiger partial charge in [0.15, 0.2) is 4.47 Å². The third-order valence-corrected chi connectivity index (χ3v) is 1.76. The van der Waals surface area contributed by atoms with Crippen molar-refractivity contribution in [3.63, 3.8) is 0 Å². The van der Waals surface area contributed by atoms with E-state index in [1.165, 1.54) is 18.3 Å². The van der Waals surface area contributed by atoms with Gasteiger partial charge in [-0.25, -0.2) is 4.98 Å². The van der Waals surface area contributed by atoms with E-state index < -0.39 is 0 Å². The zero-order valence-corrected chi connectivity index (χ0v) is 6.79. The van der Waals surface area contributed by atoms with Crippen LogP contribution in [0.15, 0.2) is 5.38 Å². The molecule has 0 saturated carbocycles. The molecule has 54 valence electrons. The van der Waals surface area contributed by atoms with Crippen LogP contribution in [0.2, 0.25) is 4.47 Å². The van der Waals surface area contributed by atoms with Crippen LogP contribution in [0.4, 0.5) is 5.82 Å². The molecule has 1 heterocycles. The predicted octanol–water partition coefficient (Wildman–Crippen LogP) is 1.75. The highest BCUT2D eigenvalue weighted by molar-refractivity contribution is 7.14. The molecule has 0 radical (unpaired) electrons.